The molecule has 0 atom stereocenters. The second kappa shape index (κ2) is 7.57. The number of carbonyl (C=O) groups excluding carboxylic acids is 2. The zero-order valence-corrected chi connectivity index (χ0v) is 12.9. The highest BCUT2D eigenvalue weighted by molar-refractivity contribution is 5.95. The van der Waals surface area contributed by atoms with Gasteiger partial charge >= 0.3 is 6.03 Å². The van der Waals surface area contributed by atoms with E-state index >= 15 is 0 Å². The summed E-state index contributed by atoms with van der Waals surface area (Å²) in [6, 6.07) is 3.72. The molecule has 1 aliphatic rings. The van der Waals surface area contributed by atoms with Crippen molar-refractivity contribution in [3.05, 3.63) is 39.4 Å². The summed E-state index contributed by atoms with van der Waals surface area (Å²) in [6.07, 6.45) is 5.28. The van der Waals surface area contributed by atoms with Gasteiger partial charge in [0.25, 0.3) is 11.6 Å². The lowest BCUT2D eigenvalue weighted by molar-refractivity contribution is -0.385. The summed E-state index contributed by atoms with van der Waals surface area (Å²) in [4.78, 5) is 33.9. The van der Waals surface area contributed by atoms with Crippen LogP contribution in [0.4, 0.5) is 10.5 Å². The number of benzene rings is 1. The number of nitro groups is 1. The molecule has 1 aliphatic carbocycles. The Kier molecular flexibility index (Phi) is 5.51. The number of nitrogens with one attached hydrogen (secondary N) is 3. The van der Waals surface area contributed by atoms with Gasteiger partial charge in [0.2, 0.25) is 0 Å². The number of hydrazine groups is 1. The smallest absolute Gasteiger partial charge is 0.333 e. The number of hydrogen-bond donors (Lipinski definition) is 3. The van der Waals surface area contributed by atoms with Gasteiger partial charge in [-0.15, -0.1) is 0 Å². The van der Waals surface area contributed by atoms with E-state index in [0.717, 1.165) is 25.7 Å². The molecule has 1 fully saturated rings. The number of carbonyl (C=O) groups is 2. The molecule has 0 aliphatic heterocycles. The molecule has 8 nitrogen and oxygen atoms in total. The average Bonchev–Trinajstić information content (AvgIpc) is 2.53. The molecular formula is C15H20N4O4. The Hall–Kier alpha value is -2.64. The van der Waals surface area contributed by atoms with E-state index in [-0.39, 0.29) is 17.3 Å². The molecule has 0 saturated heterocycles. The molecule has 1 aromatic carbocycles. The predicted molar refractivity (Wildman–Crippen MR) is 83.8 cm³/mol. The van der Waals surface area contributed by atoms with Crippen molar-refractivity contribution >= 4 is 17.6 Å². The van der Waals surface area contributed by atoms with Crippen molar-refractivity contribution in [2.45, 2.75) is 45.1 Å². The van der Waals surface area contributed by atoms with Crippen LogP contribution in [0.25, 0.3) is 0 Å². The summed E-state index contributed by atoms with van der Waals surface area (Å²) in [5.41, 5.74) is 5.17. The molecule has 1 saturated carbocycles. The van der Waals surface area contributed by atoms with E-state index < -0.39 is 16.9 Å². The van der Waals surface area contributed by atoms with E-state index in [2.05, 4.69) is 16.2 Å². The van der Waals surface area contributed by atoms with E-state index in [1.165, 1.54) is 24.6 Å². The van der Waals surface area contributed by atoms with Gasteiger partial charge in [-0.1, -0.05) is 19.3 Å². The maximum absolute atomic E-state index is 12.0. The molecule has 3 N–H and O–H groups in total. The highest BCUT2D eigenvalue weighted by atomic mass is 16.6. The Balaban J connectivity index is 1.85. The largest absolute Gasteiger partial charge is 0.334 e. The third kappa shape index (κ3) is 4.67. The third-order valence-corrected chi connectivity index (χ3v) is 3.89. The van der Waals surface area contributed by atoms with Crippen molar-refractivity contribution < 1.29 is 14.5 Å². The van der Waals surface area contributed by atoms with Gasteiger partial charge in [0.15, 0.2) is 0 Å². The van der Waals surface area contributed by atoms with Gasteiger partial charge in [0.1, 0.15) is 0 Å². The summed E-state index contributed by atoms with van der Waals surface area (Å²) in [5.74, 6) is -0.526. The van der Waals surface area contributed by atoms with Gasteiger partial charge in [0.05, 0.1) is 4.92 Å². The highest BCUT2D eigenvalue weighted by Crippen LogP contribution is 2.19. The summed E-state index contributed by atoms with van der Waals surface area (Å²) >= 11 is 0. The number of nitro benzene ring substituents is 1. The normalized spacial score (nSPS) is 14.8. The first-order valence-corrected chi connectivity index (χ1v) is 7.59. The molecule has 23 heavy (non-hydrogen) atoms. The zero-order chi connectivity index (χ0) is 16.8. The molecule has 1 aromatic rings. The Labute approximate surface area is 133 Å². The number of hydrogen-bond acceptors (Lipinski definition) is 4. The van der Waals surface area contributed by atoms with Gasteiger partial charge in [-0.2, -0.15) is 0 Å². The monoisotopic (exact) mass is 320 g/mol. The molecule has 0 unspecified atom stereocenters. The lowest BCUT2D eigenvalue weighted by atomic mass is 9.96. The van der Waals surface area contributed by atoms with E-state index in [9.17, 15) is 19.7 Å². The van der Waals surface area contributed by atoms with Crippen LogP contribution < -0.4 is 16.2 Å². The first kappa shape index (κ1) is 16.7. The summed E-state index contributed by atoms with van der Waals surface area (Å²) in [6.45, 7) is 1.55. The van der Waals surface area contributed by atoms with E-state index in [1.807, 2.05) is 0 Å². The van der Waals surface area contributed by atoms with E-state index in [0.29, 0.717) is 5.56 Å². The van der Waals surface area contributed by atoms with Crippen molar-refractivity contribution in [1.29, 1.82) is 0 Å². The van der Waals surface area contributed by atoms with Crippen LogP contribution in [0, 0.1) is 17.0 Å². The van der Waals surface area contributed by atoms with Crippen LogP contribution in [0.1, 0.15) is 48.0 Å². The topological polar surface area (TPSA) is 113 Å². The van der Waals surface area contributed by atoms with Gasteiger partial charge in [0, 0.05) is 23.2 Å². The fraction of sp³-hybridized carbons (Fsp3) is 0.467. The van der Waals surface area contributed by atoms with Gasteiger partial charge < -0.3 is 5.32 Å². The minimum absolute atomic E-state index is 0.0513. The molecule has 3 amide bonds. The molecular weight excluding hydrogens is 300 g/mol. The van der Waals surface area contributed by atoms with Crippen LogP contribution in [0.3, 0.4) is 0 Å². The van der Waals surface area contributed by atoms with Crippen LogP contribution in [0.2, 0.25) is 0 Å². The van der Waals surface area contributed by atoms with E-state index in [4.69, 9.17) is 0 Å². The molecule has 2 rings (SSSR count). The fourth-order valence-corrected chi connectivity index (χ4v) is 2.66. The molecule has 124 valence electrons. The molecule has 0 heterocycles. The molecule has 0 spiro atoms. The molecule has 0 aromatic heterocycles. The van der Waals surface area contributed by atoms with Gasteiger partial charge in [-0.3, -0.25) is 20.3 Å². The molecule has 0 radical (unpaired) electrons. The number of nitrogens with zero attached hydrogens (tertiary/aromatic N) is 1. The number of amides is 3. The van der Waals surface area contributed by atoms with Crippen LogP contribution >= 0.6 is 0 Å². The minimum Gasteiger partial charge on any atom is -0.334 e. The Morgan fingerprint density at radius 1 is 1.17 bits per heavy atom. The SMILES string of the molecule is Cc1cc(C(=O)NNC(=O)NC2CCCCC2)ccc1[N+](=O)[O-]. The lowest BCUT2D eigenvalue weighted by Crippen LogP contribution is -2.50. The third-order valence-electron chi connectivity index (χ3n) is 3.89. The maximum Gasteiger partial charge on any atom is 0.333 e. The lowest BCUT2D eigenvalue weighted by Gasteiger charge is -2.22. The van der Waals surface area contributed by atoms with Crippen molar-refractivity contribution in [3.8, 4) is 0 Å². The Morgan fingerprint density at radius 2 is 1.87 bits per heavy atom. The van der Waals surface area contributed by atoms with Crippen LogP contribution in [-0.4, -0.2) is 22.9 Å². The van der Waals surface area contributed by atoms with Crippen molar-refractivity contribution in [2.24, 2.45) is 0 Å². The van der Waals surface area contributed by atoms with Crippen LogP contribution in [-0.2, 0) is 0 Å². The number of urea groups is 1. The van der Waals surface area contributed by atoms with Crippen molar-refractivity contribution in [2.75, 3.05) is 0 Å². The van der Waals surface area contributed by atoms with Crippen LogP contribution in [0.5, 0.6) is 0 Å². The fourth-order valence-electron chi connectivity index (χ4n) is 2.66. The highest BCUT2D eigenvalue weighted by Gasteiger charge is 2.17. The van der Waals surface area contributed by atoms with E-state index in [1.54, 1.807) is 6.92 Å². The average molecular weight is 320 g/mol. The standard InChI is InChI=1S/C15H20N4O4/c1-10-9-11(7-8-13(10)19(22)23)14(20)17-18-15(21)16-12-5-3-2-4-6-12/h7-9,12H,2-6H2,1H3,(H,17,20)(H2,16,18,21). The number of rotatable bonds is 3. The van der Waals surface area contributed by atoms with Crippen LogP contribution in [0.15, 0.2) is 18.2 Å². The van der Waals surface area contributed by atoms with Crippen molar-refractivity contribution in [1.82, 2.24) is 16.2 Å². The Bertz CT molecular complexity index is 611. The second-order valence-corrected chi connectivity index (χ2v) is 5.65. The molecule has 0 bridgehead atoms. The second-order valence-electron chi connectivity index (χ2n) is 5.65. The quantitative estimate of drug-likeness (QED) is 0.585. The minimum atomic E-state index is -0.526. The summed E-state index contributed by atoms with van der Waals surface area (Å²) < 4.78 is 0. The first-order chi connectivity index (χ1) is 11.0. The Morgan fingerprint density at radius 3 is 2.48 bits per heavy atom. The first-order valence-electron chi connectivity index (χ1n) is 7.59. The summed E-state index contributed by atoms with van der Waals surface area (Å²) in [5, 5.41) is 13.6. The van der Waals surface area contributed by atoms with Crippen molar-refractivity contribution in [3.63, 3.8) is 0 Å². The van der Waals surface area contributed by atoms with Gasteiger partial charge in [-0.05, 0) is 31.9 Å². The maximum atomic E-state index is 12.0. The number of aryl methyl sites for hydroxylation is 1. The summed E-state index contributed by atoms with van der Waals surface area (Å²) in [7, 11) is 0. The molecule has 8 heteroatoms. The zero-order valence-electron chi connectivity index (χ0n) is 12.9. The predicted octanol–water partition coefficient (Wildman–Crippen LogP) is 2.18. The van der Waals surface area contributed by atoms with Gasteiger partial charge in [-0.25, -0.2) is 10.2 Å².